The molecule has 0 aromatic heterocycles. The van der Waals surface area contributed by atoms with Crippen molar-refractivity contribution in [2.24, 2.45) is 11.8 Å². The Kier molecular flexibility index (Phi) is 3.98. The molecule has 0 aromatic rings. The molecule has 0 spiro atoms. The number of carbonyl (C=O) groups is 3. The lowest BCUT2D eigenvalue weighted by Gasteiger charge is -2.33. The molecule has 3 aliphatic rings. The molecule has 0 bridgehead atoms. The predicted molar refractivity (Wildman–Crippen MR) is 73.3 cm³/mol. The number of rotatable bonds is 4. The molecule has 0 radical (unpaired) electrons. The number of nitrogens with zero attached hydrogens (tertiary/aromatic N) is 1. The molecule has 2 N–H and O–H groups in total. The standard InChI is InChI=1S/C14H21N3O4/c18-12(15-6-9-3-4-9)10-2-1-5-17(7-10)13(19)11-8-21-14(20)16-11/h9-11H,1-8H2,(H,15,18)(H,16,20)/t10?,11-/m1/s1. The molecular formula is C14H21N3O4. The number of ether oxygens (including phenoxy) is 1. The maximum Gasteiger partial charge on any atom is 0.407 e. The van der Waals surface area contributed by atoms with Gasteiger partial charge in [-0.1, -0.05) is 0 Å². The Hall–Kier alpha value is -1.79. The van der Waals surface area contributed by atoms with E-state index < -0.39 is 12.1 Å². The highest BCUT2D eigenvalue weighted by molar-refractivity contribution is 5.88. The van der Waals surface area contributed by atoms with Crippen LogP contribution in [-0.4, -0.2) is 55.1 Å². The SMILES string of the molecule is O=C1N[C@@H](C(=O)N2CCCC(C(=O)NCC3CC3)C2)CO1. The Morgan fingerprint density at radius 1 is 1.33 bits per heavy atom. The smallest absolute Gasteiger partial charge is 0.407 e. The molecule has 1 unspecified atom stereocenters. The van der Waals surface area contributed by atoms with E-state index in [2.05, 4.69) is 10.6 Å². The monoisotopic (exact) mass is 295 g/mol. The van der Waals surface area contributed by atoms with E-state index in [0.29, 0.717) is 19.0 Å². The molecule has 7 nitrogen and oxygen atoms in total. The van der Waals surface area contributed by atoms with Gasteiger partial charge in [0.05, 0.1) is 5.92 Å². The van der Waals surface area contributed by atoms with Crippen molar-refractivity contribution in [2.45, 2.75) is 31.7 Å². The summed E-state index contributed by atoms with van der Waals surface area (Å²) in [4.78, 5) is 37.1. The number of amides is 3. The van der Waals surface area contributed by atoms with Gasteiger partial charge in [0.2, 0.25) is 11.8 Å². The first-order valence-corrected chi connectivity index (χ1v) is 7.63. The number of hydrogen-bond donors (Lipinski definition) is 2. The second-order valence-corrected chi connectivity index (χ2v) is 6.11. The van der Waals surface area contributed by atoms with Crippen LogP contribution < -0.4 is 10.6 Å². The van der Waals surface area contributed by atoms with Crippen molar-refractivity contribution in [2.75, 3.05) is 26.2 Å². The van der Waals surface area contributed by atoms with E-state index in [1.54, 1.807) is 4.90 Å². The Balaban J connectivity index is 1.50. The lowest BCUT2D eigenvalue weighted by molar-refractivity contribution is -0.137. The number of piperidine rings is 1. The molecule has 2 aliphatic heterocycles. The first-order chi connectivity index (χ1) is 10.1. The van der Waals surface area contributed by atoms with Crippen LogP contribution in [0.2, 0.25) is 0 Å². The summed E-state index contributed by atoms with van der Waals surface area (Å²) in [5.41, 5.74) is 0. The molecule has 1 aliphatic carbocycles. The van der Waals surface area contributed by atoms with Gasteiger partial charge in [0, 0.05) is 19.6 Å². The van der Waals surface area contributed by atoms with Crippen LogP contribution in [0.25, 0.3) is 0 Å². The van der Waals surface area contributed by atoms with Crippen LogP contribution >= 0.6 is 0 Å². The molecule has 0 aromatic carbocycles. The Morgan fingerprint density at radius 2 is 2.14 bits per heavy atom. The van der Waals surface area contributed by atoms with Crippen molar-refractivity contribution in [3.63, 3.8) is 0 Å². The zero-order valence-electron chi connectivity index (χ0n) is 12.0. The Morgan fingerprint density at radius 3 is 2.81 bits per heavy atom. The summed E-state index contributed by atoms with van der Waals surface area (Å²) < 4.78 is 4.75. The van der Waals surface area contributed by atoms with E-state index in [4.69, 9.17) is 4.74 Å². The number of hydrogen-bond acceptors (Lipinski definition) is 4. The van der Waals surface area contributed by atoms with Crippen LogP contribution in [0.5, 0.6) is 0 Å². The minimum Gasteiger partial charge on any atom is -0.447 e. The summed E-state index contributed by atoms with van der Waals surface area (Å²) in [5.74, 6) is 0.409. The molecular weight excluding hydrogens is 274 g/mol. The molecule has 2 atom stereocenters. The molecule has 2 heterocycles. The highest BCUT2D eigenvalue weighted by atomic mass is 16.6. The summed E-state index contributed by atoms with van der Waals surface area (Å²) >= 11 is 0. The predicted octanol–water partition coefficient (Wildman–Crippen LogP) is -0.140. The fourth-order valence-electron chi connectivity index (χ4n) is 2.84. The van der Waals surface area contributed by atoms with Crippen LogP contribution in [-0.2, 0) is 14.3 Å². The van der Waals surface area contributed by atoms with E-state index in [-0.39, 0.29) is 24.3 Å². The molecule has 1 saturated carbocycles. The fourth-order valence-corrected chi connectivity index (χ4v) is 2.84. The van der Waals surface area contributed by atoms with E-state index >= 15 is 0 Å². The quantitative estimate of drug-likeness (QED) is 0.755. The van der Waals surface area contributed by atoms with Crippen LogP contribution in [0, 0.1) is 11.8 Å². The minimum absolute atomic E-state index is 0.0473. The maximum absolute atomic E-state index is 12.3. The average molecular weight is 295 g/mol. The zero-order valence-corrected chi connectivity index (χ0v) is 12.0. The van der Waals surface area contributed by atoms with Crippen molar-refractivity contribution < 1.29 is 19.1 Å². The third-order valence-corrected chi connectivity index (χ3v) is 4.34. The van der Waals surface area contributed by atoms with Gasteiger partial charge in [0.25, 0.3) is 0 Å². The van der Waals surface area contributed by atoms with Crippen molar-refractivity contribution in [3.8, 4) is 0 Å². The normalized spacial score (nSPS) is 28.8. The van der Waals surface area contributed by atoms with Crippen molar-refractivity contribution in [1.29, 1.82) is 0 Å². The maximum atomic E-state index is 12.3. The van der Waals surface area contributed by atoms with Crippen LogP contribution in [0.4, 0.5) is 4.79 Å². The third kappa shape index (κ3) is 3.46. The fraction of sp³-hybridized carbons (Fsp3) is 0.786. The average Bonchev–Trinajstić information content (AvgIpc) is 3.24. The van der Waals surface area contributed by atoms with Crippen molar-refractivity contribution in [1.82, 2.24) is 15.5 Å². The van der Waals surface area contributed by atoms with E-state index in [1.165, 1.54) is 12.8 Å². The molecule has 21 heavy (non-hydrogen) atoms. The third-order valence-electron chi connectivity index (χ3n) is 4.34. The van der Waals surface area contributed by atoms with Gasteiger partial charge in [-0.05, 0) is 31.6 Å². The van der Waals surface area contributed by atoms with Crippen LogP contribution in [0.15, 0.2) is 0 Å². The van der Waals surface area contributed by atoms with Crippen LogP contribution in [0.1, 0.15) is 25.7 Å². The highest BCUT2D eigenvalue weighted by Gasteiger charge is 2.36. The first kappa shape index (κ1) is 14.2. The van der Waals surface area contributed by atoms with Gasteiger partial charge in [-0.3, -0.25) is 9.59 Å². The molecule has 2 saturated heterocycles. The topological polar surface area (TPSA) is 87.7 Å². The molecule has 3 fully saturated rings. The van der Waals surface area contributed by atoms with Crippen molar-refractivity contribution >= 4 is 17.9 Å². The second-order valence-electron chi connectivity index (χ2n) is 6.11. The van der Waals surface area contributed by atoms with Gasteiger partial charge in [0.1, 0.15) is 12.6 Å². The van der Waals surface area contributed by atoms with Gasteiger partial charge >= 0.3 is 6.09 Å². The Bertz CT molecular complexity index is 450. The zero-order chi connectivity index (χ0) is 14.8. The summed E-state index contributed by atoms with van der Waals surface area (Å²) in [5, 5.41) is 5.47. The molecule has 7 heteroatoms. The van der Waals surface area contributed by atoms with E-state index in [9.17, 15) is 14.4 Å². The number of carbonyl (C=O) groups excluding carboxylic acids is 3. The van der Waals surface area contributed by atoms with E-state index in [1.807, 2.05) is 0 Å². The first-order valence-electron chi connectivity index (χ1n) is 7.63. The Labute approximate surface area is 123 Å². The summed E-state index contributed by atoms with van der Waals surface area (Å²) in [7, 11) is 0. The van der Waals surface area contributed by atoms with Gasteiger partial charge in [-0.25, -0.2) is 4.79 Å². The number of cyclic esters (lactones) is 1. The van der Waals surface area contributed by atoms with E-state index in [0.717, 1.165) is 19.4 Å². The largest absolute Gasteiger partial charge is 0.447 e. The summed E-state index contributed by atoms with van der Waals surface area (Å²) in [6.07, 6.45) is 3.49. The molecule has 116 valence electrons. The van der Waals surface area contributed by atoms with Crippen molar-refractivity contribution in [3.05, 3.63) is 0 Å². The lowest BCUT2D eigenvalue weighted by Crippen LogP contribution is -2.51. The van der Waals surface area contributed by atoms with Crippen LogP contribution in [0.3, 0.4) is 0 Å². The second kappa shape index (κ2) is 5.91. The summed E-state index contributed by atoms with van der Waals surface area (Å²) in [6, 6.07) is -0.606. The molecule has 3 rings (SSSR count). The minimum atomic E-state index is -0.606. The van der Waals surface area contributed by atoms with Gasteiger partial charge in [0.15, 0.2) is 0 Å². The highest BCUT2D eigenvalue weighted by Crippen LogP contribution is 2.28. The van der Waals surface area contributed by atoms with Gasteiger partial charge < -0.3 is 20.3 Å². The number of alkyl carbamates (subject to hydrolysis) is 1. The van der Waals surface area contributed by atoms with Gasteiger partial charge in [-0.15, -0.1) is 0 Å². The number of likely N-dealkylation sites (tertiary alicyclic amines) is 1. The number of nitrogens with one attached hydrogen (secondary N) is 2. The molecule has 3 amide bonds. The lowest BCUT2D eigenvalue weighted by atomic mass is 9.96. The van der Waals surface area contributed by atoms with Gasteiger partial charge in [-0.2, -0.15) is 0 Å². The summed E-state index contributed by atoms with van der Waals surface area (Å²) in [6.45, 7) is 1.90.